The molecule has 1 aliphatic rings. The summed E-state index contributed by atoms with van der Waals surface area (Å²) in [6, 6.07) is 0. The third-order valence-corrected chi connectivity index (χ3v) is 3.66. The largest absolute Gasteiger partial charge is 0.370 e. The molecule has 0 spiro atoms. The Morgan fingerprint density at radius 2 is 2.29 bits per heavy atom. The van der Waals surface area contributed by atoms with Crippen molar-refractivity contribution in [3.63, 3.8) is 0 Å². The molecule has 0 amide bonds. The van der Waals surface area contributed by atoms with E-state index in [0.717, 1.165) is 37.0 Å². The van der Waals surface area contributed by atoms with E-state index >= 15 is 0 Å². The highest BCUT2D eigenvalue weighted by atomic mass is 32.2. The Morgan fingerprint density at radius 3 is 3.00 bits per heavy atom. The molecule has 1 fully saturated rings. The van der Waals surface area contributed by atoms with Gasteiger partial charge in [-0.25, -0.2) is 14.7 Å². The fourth-order valence-corrected chi connectivity index (χ4v) is 2.62. The molecule has 7 heteroatoms. The topological polar surface area (TPSA) is 72.3 Å². The number of hydrogen-bond acceptors (Lipinski definition) is 4. The standard InChI is InChI=1S/C10H18N6S/c1-2-16-9(13-8-14-16)7-12-10(11)15-3-5-17-6-4-15/h8H,2-7H2,1H3,(H2,11,12). The predicted octanol–water partition coefficient (Wildman–Crippen LogP) is 0.162. The molecule has 2 heterocycles. The average Bonchev–Trinajstić information content (AvgIpc) is 2.84. The molecule has 1 aromatic rings. The van der Waals surface area contributed by atoms with E-state index in [0.29, 0.717) is 12.5 Å². The van der Waals surface area contributed by atoms with Gasteiger partial charge in [-0.1, -0.05) is 0 Å². The number of thioether (sulfide) groups is 1. The van der Waals surface area contributed by atoms with Crippen molar-refractivity contribution in [2.24, 2.45) is 10.7 Å². The Morgan fingerprint density at radius 1 is 1.53 bits per heavy atom. The molecule has 1 saturated heterocycles. The Balaban J connectivity index is 1.95. The molecule has 0 bridgehead atoms. The van der Waals surface area contributed by atoms with Crippen LogP contribution in [0, 0.1) is 0 Å². The second-order valence-corrected chi connectivity index (χ2v) is 4.99. The van der Waals surface area contributed by atoms with Crippen LogP contribution in [0.3, 0.4) is 0 Å². The third-order valence-electron chi connectivity index (χ3n) is 2.71. The van der Waals surface area contributed by atoms with Gasteiger partial charge in [-0.3, -0.25) is 0 Å². The number of nitrogens with two attached hydrogens (primary N) is 1. The Hall–Kier alpha value is -1.24. The first kappa shape index (κ1) is 12.2. The van der Waals surface area contributed by atoms with E-state index in [4.69, 9.17) is 5.73 Å². The van der Waals surface area contributed by atoms with Gasteiger partial charge < -0.3 is 10.6 Å². The van der Waals surface area contributed by atoms with Gasteiger partial charge in [0.2, 0.25) is 0 Å². The molecule has 2 rings (SSSR count). The van der Waals surface area contributed by atoms with Crippen molar-refractivity contribution in [3.05, 3.63) is 12.2 Å². The molecule has 94 valence electrons. The van der Waals surface area contributed by atoms with Crippen molar-refractivity contribution in [2.75, 3.05) is 24.6 Å². The van der Waals surface area contributed by atoms with E-state index in [9.17, 15) is 0 Å². The van der Waals surface area contributed by atoms with Crippen molar-refractivity contribution >= 4 is 17.7 Å². The maximum atomic E-state index is 5.97. The number of aliphatic imine (C=N–C) groups is 1. The maximum Gasteiger partial charge on any atom is 0.191 e. The number of rotatable bonds is 3. The number of aryl methyl sites for hydroxylation is 1. The summed E-state index contributed by atoms with van der Waals surface area (Å²) in [7, 11) is 0. The summed E-state index contributed by atoms with van der Waals surface area (Å²) in [4.78, 5) is 10.7. The van der Waals surface area contributed by atoms with Gasteiger partial charge >= 0.3 is 0 Å². The average molecular weight is 254 g/mol. The molecule has 17 heavy (non-hydrogen) atoms. The van der Waals surface area contributed by atoms with Crippen molar-refractivity contribution < 1.29 is 0 Å². The second-order valence-electron chi connectivity index (χ2n) is 3.77. The quantitative estimate of drug-likeness (QED) is 0.614. The van der Waals surface area contributed by atoms with Crippen molar-refractivity contribution in [1.82, 2.24) is 19.7 Å². The number of aromatic nitrogens is 3. The van der Waals surface area contributed by atoms with Crippen molar-refractivity contribution in [3.8, 4) is 0 Å². The van der Waals surface area contributed by atoms with Gasteiger partial charge in [-0.2, -0.15) is 16.9 Å². The molecule has 2 N–H and O–H groups in total. The summed E-state index contributed by atoms with van der Waals surface area (Å²) in [6.45, 7) is 5.32. The molecule has 0 unspecified atom stereocenters. The minimum absolute atomic E-state index is 0.503. The minimum Gasteiger partial charge on any atom is -0.370 e. The van der Waals surface area contributed by atoms with Gasteiger partial charge in [-0.15, -0.1) is 0 Å². The van der Waals surface area contributed by atoms with Gasteiger partial charge in [0, 0.05) is 31.1 Å². The molecule has 0 atom stereocenters. The Kier molecular flexibility index (Phi) is 4.24. The lowest BCUT2D eigenvalue weighted by Gasteiger charge is -2.27. The minimum atomic E-state index is 0.503. The first-order valence-electron chi connectivity index (χ1n) is 5.80. The first-order valence-corrected chi connectivity index (χ1v) is 6.96. The van der Waals surface area contributed by atoms with E-state index in [1.165, 1.54) is 0 Å². The lowest BCUT2D eigenvalue weighted by atomic mass is 10.5. The number of hydrogen-bond donors (Lipinski definition) is 1. The van der Waals surface area contributed by atoms with Crippen LogP contribution in [0.1, 0.15) is 12.7 Å². The number of nitrogens with zero attached hydrogens (tertiary/aromatic N) is 5. The zero-order valence-electron chi connectivity index (χ0n) is 10.0. The van der Waals surface area contributed by atoms with Crippen molar-refractivity contribution in [1.29, 1.82) is 0 Å². The normalized spacial score (nSPS) is 17.5. The van der Waals surface area contributed by atoms with Gasteiger partial charge in [-0.05, 0) is 6.92 Å². The van der Waals surface area contributed by atoms with Crippen LogP contribution < -0.4 is 5.73 Å². The van der Waals surface area contributed by atoms with Gasteiger partial charge in [0.1, 0.15) is 18.7 Å². The lowest BCUT2D eigenvalue weighted by molar-refractivity contribution is 0.455. The highest BCUT2D eigenvalue weighted by molar-refractivity contribution is 7.99. The molecule has 0 aliphatic carbocycles. The Bertz CT molecular complexity index is 382. The maximum absolute atomic E-state index is 5.97. The molecular formula is C10H18N6S. The molecule has 1 aromatic heterocycles. The Labute approximate surface area is 105 Å². The molecule has 6 nitrogen and oxygen atoms in total. The van der Waals surface area contributed by atoms with Crippen LogP contribution >= 0.6 is 11.8 Å². The van der Waals surface area contributed by atoms with E-state index < -0.39 is 0 Å². The van der Waals surface area contributed by atoms with Gasteiger partial charge in [0.15, 0.2) is 5.96 Å². The summed E-state index contributed by atoms with van der Waals surface area (Å²) in [6.07, 6.45) is 1.56. The monoisotopic (exact) mass is 254 g/mol. The number of guanidine groups is 1. The summed E-state index contributed by atoms with van der Waals surface area (Å²) in [5.74, 6) is 3.74. The fraction of sp³-hybridized carbons (Fsp3) is 0.700. The van der Waals surface area contributed by atoms with Crippen LogP contribution in [0.2, 0.25) is 0 Å². The highest BCUT2D eigenvalue weighted by Gasteiger charge is 2.12. The smallest absolute Gasteiger partial charge is 0.191 e. The zero-order chi connectivity index (χ0) is 12.1. The summed E-state index contributed by atoms with van der Waals surface area (Å²) in [5.41, 5.74) is 5.97. The zero-order valence-corrected chi connectivity index (χ0v) is 10.9. The van der Waals surface area contributed by atoms with Gasteiger partial charge in [0.25, 0.3) is 0 Å². The first-order chi connectivity index (χ1) is 8.31. The fourth-order valence-electron chi connectivity index (χ4n) is 1.72. The molecule has 1 aliphatic heterocycles. The van der Waals surface area contributed by atoms with Crippen LogP contribution in [-0.2, 0) is 13.1 Å². The van der Waals surface area contributed by atoms with Crippen LogP contribution in [0.4, 0.5) is 0 Å². The third kappa shape index (κ3) is 3.12. The molecular weight excluding hydrogens is 236 g/mol. The van der Waals surface area contributed by atoms with Crippen LogP contribution in [-0.4, -0.2) is 50.2 Å². The van der Waals surface area contributed by atoms with Crippen LogP contribution in [0.15, 0.2) is 11.3 Å². The summed E-state index contributed by atoms with van der Waals surface area (Å²) >= 11 is 1.96. The van der Waals surface area contributed by atoms with E-state index in [2.05, 4.69) is 20.0 Å². The molecule has 0 saturated carbocycles. The van der Waals surface area contributed by atoms with E-state index in [1.54, 1.807) is 6.33 Å². The summed E-state index contributed by atoms with van der Waals surface area (Å²) < 4.78 is 1.84. The highest BCUT2D eigenvalue weighted by Crippen LogP contribution is 2.08. The lowest BCUT2D eigenvalue weighted by Crippen LogP contribution is -2.42. The van der Waals surface area contributed by atoms with Crippen LogP contribution in [0.5, 0.6) is 0 Å². The predicted molar refractivity (Wildman–Crippen MR) is 69.9 cm³/mol. The van der Waals surface area contributed by atoms with E-state index in [1.807, 2.05) is 23.4 Å². The van der Waals surface area contributed by atoms with Crippen LogP contribution in [0.25, 0.3) is 0 Å². The van der Waals surface area contributed by atoms with Crippen molar-refractivity contribution in [2.45, 2.75) is 20.0 Å². The molecule has 0 radical (unpaired) electrons. The van der Waals surface area contributed by atoms with E-state index in [-0.39, 0.29) is 0 Å². The van der Waals surface area contributed by atoms with Gasteiger partial charge in [0.05, 0.1) is 0 Å². The molecule has 0 aromatic carbocycles. The summed E-state index contributed by atoms with van der Waals surface area (Å²) in [5, 5.41) is 4.10. The SMILES string of the molecule is CCn1ncnc1CN=C(N)N1CCSCC1. The second kappa shape index (κ2) is 5.90.